The van der Waals surface area contributed by atoms with Crippen LogP contribution in [-0.2, 0) is 13.1 Å². The molecule has 5 rings (SSSR count). The van der Waals surface area contributed by atoms with Gasteiger partial charge in [0, 0.05) is 37.6 Å². The van der Waals surface area contributed by atoms with E-state index in [0.717, 1.165) is 11.1 Å². The molecule has 3 N–H and O–H groups in total. The third kappa shape index (κ3) is 4.19. The molecule has 0 bridgehead atoms. The molecule has 0 aliphatic carbocycles. The molecule has 5 aromatic rings. The molecule has 4 heterocycles. The Balaban J connectivity index is 1.34. The van der Waals surface area contributed by atoms with E-state index in [1.54, 1.807) is 42.7 Å². The van der Waals surface area contributed by atoms with Crippen LogP contribution in [0, 0.1) is 0 Å². The topological polar surface area (TPSA) is 147 Å². The molecule has 0 aliphatic rings. The van der Waals surface area contributed by atoms with E-state index in [-0.39, 0.29) is 24.5 Å². The highest BCUT2D eigenvalue weighted by atomic mass is 16.4. The van der Waals surface area contributed by atoms with Gasteiger partial charge in [-0.3, -0.25) is 19.6 Å². The Labute approximate surface area is 185 Å². The Kier molecular flexibility index (Phi) is 5.11. The predicted molar refractivity (Wildman–Crippen MR) is 116 cm³/mol. The van der Waals surface area contributed by atoms with Crippen molar-refractivity contribution in [2.75, 3.05) is 0 Å². The second-order valence-electron chi connectivity index (χ2n) is 7.20. The highest BCUT2D eigenvalue weighted by molar-refractivity contribution is 5.98. The van der Waals surface area contributed by atoms with E-state index in [1.807, 2.05) is 6.07 Å². The van der Waals surface area contributed by atoms with E-state index in [0.29, 0.717) is 16.7 Å². The van der Waals surface area contributed by atoms with Crippen molar-refractivity contribution in [1.82, 2.24) is 35.2 Å². The maximum Gasteiger partial charge on any atom is 0.417 e. The van der Waals surface area contributed by atoms with Gasteiger partial charge in [0.15, 0.2) is 11.2 Å². The van der Waals surface area contributed by atoms with Crippen molar-refractivity contribution in [1.29, 1.82) is 0 Å². The van der Waals surface area contributed by atoms with Gasteiger partial charge in [0.05, 0.1) is 11.7 Å². The molecule has 0 unspecified atom stereocenters. The molecule has 1 aromatic carbocycles. The Morgan fingerprint density at radius 2 is 1.85 bits per heavy atom. The second-order valence-corrected chi connectivity index (χ2v) is 7.20. The summed E-state index contributed by atoms with van der Waals surface area (Å²) >= 11 is 0. The summed E-state index contributed by atoms with van der Waals surface area (Å²) in [6.45, 7) is 0.467. The number of nitrogens with zero attached hydrogens (tertiary/aromatic N) is 4. The minimum Gasteiger partial charge on any atom is -0.408 e. The van der Waals surface area contributed by atoms with E-state index >= 15 is 0 Å². The average molecular weight is 443 g/mol. The molecule has 0 saturated carbocycles. The van der Waals surface area contributed by atoms with E-state index < -0.39 is 17.6 Å². The van der Waals surface area contributed by atoms with Crippen LogP contribution in [0.15, 0.2) is 70.3 Å². The first-order valence-electron chi connectivity index (χ1n) is 9.99. The lowest BCUT2D eigenvalue weighted by atomic mass is 10.2. The lowest BCUT2D eigenvalue weighted by molar-refractivity contribution is 0.0942. The number of benzene rings is 1. The van der Waals surface area contributed by atoms with Gasteiger partial charge in [0.2, 0.25) is 0 Å². The van der Waals surface area contributed by atoms with E-state index in [4.69, 9.17) is 4.42 Å². The van der Waals surface area contributed by atoms with Crippen LogP contribution >= 0.6 is 0 Å². The van der Waals surface area contributed by atoms with Crippen LogP contribution in [0.1, 0.15) is 32.1 Å². The van der Waals surface area contributed by atoms with Gasteiger partial charge in [-0.1, -0.05) is 12.1 Å². The number of hydrogen-bond donors (Lipinski definition) is 3. The maximum atomic E-state index is 12.8. The third-order valence-electron chi connectivity index (χ3n) is 4.94. The van der Waals surface area contributed by atoms with Gasteiger partial charge in [0.25, 0.3) is 11.8 Å². The monoisotopic (exact) mass is 443 g/mol. The number of hydrogen-bond acceptors (Lipinski definition) is 7. The van der Waals surface area contributed by atoms with E-state index in [2.05, 4.69) is 30.7 Å². The van der Waals surface area contributed by atoms with Crippen LogP contribution in [0.5, 0.6) is 0 Å². The lowest BCUT2D eigenvalue weighted by Gasteiger charge is -2.10. The molecule has 0 spiro atoms. The molecule has 11 nitrogen and oxygen atoms in total. The highest BCUT2D eigenvalue weighted by Crippen LogP contribution is 2.13. The predicted octanol–water partition coefficient (Wildman–Crippen LogP) is 1.42. The molecule has 4 aromatic heterocycles. The SMILES string of the molecule is O=C(NCc1ccc2oc(=O)[nH]c2c1)c1cc(C(=O)NCc2cccnc2)n2nccc2n1. The largest absolute Gasteiger partial charge is 0.417 e. The fraction of sp³-hybridized carbons (Fsp3) is 0.0909. The number of H-pyrrole nitrogens is 1. The standard InChI is InChI=1S/C22H17N7O4/c30-20(24-11-13-3-4-18-15(8-13)28-22(32)33-18)16-9-17(29-19(27-16)5-7-26-29)21(31)25-12-14-2-1-6-23-10-14/h1-10H,11-12H2,(H,24,30)(H,25,31)(H,28,32). The van der Waals surface area contributed by atoms with Crippen molar-refractivity contribution >= 4 is 28.6 Å². The van der Waals surface area contributed by atoms with Gasteiger partial charge in [-0.05, 0) is 29.3 Å². The molecule has 2 amide bonds. The first-order chi connectivity index (χ1) is 16.1. The van der Waals surface area contributed by atoms with Gasteiger partial charge in [-0.15, -0.1) is 0 Å². The normalized spacial score (nSPS) is 11.0. The van der Waals surface area contributed by atoms with Crippen LogP contribution in [0.3, 0.4) is 0 Å². The number of pyridine rings is 1. The molecular formula is C22H17N7O4. The summed E-state index contributed by atoms with van der Waals surface area (Å²) in [6, 6.07) is 11.7. The lowest BCUT2D eigenvalue weighted by Crippen LogP contribution is -2.28. The summed E-state index contributed by atoms with van der Waals surface area (Å²) in [6.07, 6.45) is 4.81. The van der Waals surface area contributed by atoms with Crippen molar-refractivity contribution in [2.24, 2.45) is 0 Å². The van der Waals surface area contributed by atoms with Gasteiger partial charge >= 0.3 is 5.76 Å². The Morgan fingerprint density at radius 3 is 2.70 bits per heavy atom. The second kappa shape index (κ2) is 8.38. The smallest absolute Gasteiger partial charge is 0.408 e. The summed E-state index contributed by atoms with van der Waals surface area (Å²) in [7, 11) is 0. The number of nitrogens with one attached hydrogen (secondary N) is 3. The van der Waals surface area contributed by atoms with Crippen molar-refractivity contribution < 1.29 is 14.0 Å². The molecular weight excluding hydrogens is 426 g/mol. The average Bonchev–Trinajstić information content (AvgIpc) is 3.46. The summed E-state index contributed by atoms with van der Waals surface area (Å²) in [5.41, 5.74) is 3.19. The van der Waals surface area contributed by atoms with Crippen LogP contribution in [0.2, 0.25) is 0 Å². The molecule has 0 fully saturated rings. The van der Waals surface area contributed by atoms with Crippen LogP contribution in [0.25, 0.3) is 16.7 Å². The Bertz CT molecular complexity index is 1530. The van der Waals surface area contributed by atoms with Crippen molar-refractivity contribution in [3.8, 4) is 0 Å². The molecule has 0 saturated heterocycles. The van der Waals surface area contributed by atoms with Crippen LogP contribution in [0.4, 0.5) is 0 Å². The van der Waals surface area contributed by atoms with Crippen molar-refractivity contribution in [3.05, 3.63) is 94.1 Å². The number of carbonyl (C=O) groups is 2. The minimum atomic E-state index is -0.543. The zero-order valence-corrected chi connectivity index (χ0v) is 17.1. The summed E-state index contributed by atoms with van der Waals surface area (Å²) in [5, 5.41) is 9.71. The van der Waals surface area contributed by atoms with Crippen molar-refractivity contribution in [3.63, 3.8) is 0 Å². The third-order valence-corrected chi connectivity index (χ3v) is 4.94. The fourth-order valence-electron chi connectivity index (χ4n) is 3.35. The number of carbonyl (C=O) groups excluding carboxylic acids is 2. The summed E-state index contributed by atoms with van der Waals surface area (Å²) < 4.78 is 6.35. The number of oxazole rings is 1. The number of amides is 2. The van der Waals surface area contributed by atoms with Gasteiger partial charge in [-0.2, -0.15) is 5.10 Å². The van der Waals surface area contributed by atoms with E-state index in [1.165, 1.54) is 16.8 Å². The molecule has 0 radical (unpaired) electrons. The zero-order chi connectivity index (χ0) is 22.8. The maximum absolute atomic E-state index is 12.8. The summed E-state index contributed by atoms with van der Waals surface area (Å²) in [4.78, 5) is 47.8. The first-order valence-corrected chi connectivity index (χ1v) is 9.99. The Morgan fingerprint density at radius 1 is 1.00 bits per heavy atom. The molecule has 164 valence electrons. The minimum absolute atomic E-state index is 0.0762. The molecule has 33 heavy (non-hydrogen) atoms. The van der Waals surface area contributed by atoms with Gasteiger partial charge in [-0.25, -0.2) is 14.3 Å². The number of aromatic nitrogens is 5. The highest BCUT2D eigenvalue weighted by Gasteiger charge is 2.17. The first kappa shape index (κ1) is 20.1. The molecule has 0 aliphatic heterocycles. The number of rotatable bonds is 6. The number of aromatic amines is 1. The van der Waals surface area contributed by atoms with Crippen molar-refractivity contribution in [2.45, 2.75) is 13.1 Å². The summed E-state index contributed by atoms with van der Waals surface area (Å²) in [5.74, 6) is -1.40. The zero-order valence-electron chi connectivity index (χ0n) is 17.1. The fourth-order valence-corrected chi connectivity index (χ4v) is 3.35. The molecule has 11 heteroatoms. The van der Waals surface area contributed by atoms with Crippen LogP contribution < -0.4 is 16.4 Å². The quantitative estimate of drug-likeness (QED) is 0.359. The van der Waals surface area contributed by atoms with Gasteiger partial charge < -0.3 is 15.1 Å². The van der Waals surface area contributed by atoms with Gasteiger partial charge in [0.1, 0.15) is 11.4 Å². The number of fused-ring (bicyclic) bond motifs is 2. The van der Waals surface area contributed by atoms with Crippen LogP contribution in [-0.4, -0.2) is 36.4 Å². The molecule has 0 atom stereocenters. The van der Waals surface area contributed by atoms with E-state index in [9.17, 15) is 14.4 Å². The Hall–Kier alpha value is -4.80.